The molecule has 4 nitrogen and oxygen atoms in total. The summed E-state index contributed by atoms with van der Waals surface area (Å²) in [5.41, 5.74) is 0.866. The smallest absolute Gasteiger partial charge is 0.312 e. The molecule has 0 bridgehead atoms. The third-order valence-electron chi connectivity index (χ3n) is 1.46. The molecule has 0 aromatic heterocycles. The fourth-order valence-corrected chi connectivity index (χ4v) is 0.906. The van der Waals surface area contributed by atoms with Crippen molar-refractivity contribution >= 4 is 5.97 Å². The van der Waals surface area contributed by atoms with E-state index in [0.29, 0.717) is 0 Å². The number of rotatable bonds is 4. The van der Waals surface area contributed by atoms with Crippen LogP contribution in [-0.4, -0.2) is 18.0 Å². The molecule has 13 heavy (non-hydrogen) atoms. The van der Waals surface area contributed by atoms with Crippen molar-refractivity contribution in [3.63, 3.8) is 0 Å². The quantitative estimate of drug-likeness (QED) is 0.329. The Labute approximate surface area is 75.6 Å². The van der Waals surface area contributed by atoms with Crippen LogP contribution in [0.2, 0.25) is 0 Å². The molecule has 0 saturated carbocycles. The van der Waals surface area contributed by atoms with Crippen LogP contribution in [0, 0.1) is 0 Å². The highest BCUT2D eigenvalue weighted by Gasteiger charge is 2.03. The van der Waals surface area contributed by atoms with E-state index in [1.165, 1.54) is 0 Å². The van der Waals surface area contributed by atoms with Gasteiger partial charge in [0.1, 0.15) is 0 Å². The molecule has 0 fully saturated rings. The van der Waals surface area contributed by atoms with Crippen LogP contribution in [0.5, 0.6) is 0 Å². The van der Waals surface area contributed by atoms with Crippen LogP contribution in [0.15, 0.2) is 30.3 Å². The number of benzene rings is 1. The Balaban J connectivity index is 2.37. The summed E-state index contributed by atoms with van der Waals surface area (Å²) in [5, 5.41) is 7.90. The van der Waals surface area contributed by atoms with E-state index in [2.05, 4.69) is 9.62 Å². The van der Waals surface area contributed by atoms with E-state index >= 15 is 0 Å². The van der Waals surface area contributed by atoms with Crippen LogP contribution in [-0.2, 0) is 20.8 Å². The van der Waals surface area contributed by atoms with Gasteiger partial charge in [0.2, 0.25) is 6.79 Å². The number of carbonyl (C=O) groups is 1. The average Bonchev–Trinajstić information content (AvgIpc) is 2.16. The van der Waals surface area contributed by atoms with Gasteiger partial charge in [-0.1, -0.05) is 30.3 Å². The number of hydrogen-bond donors (Lipinski definition) is 1. The first-order valence-electron chi connectivity index (χ1n) is 3.79. The minimum absolute atomic E-state index is 0.185. The molecule has 0 aliphatic rings. The summed E-state index contributed by atoms with van der Waals surface area (Å²) in [7, 11) is 0. The second kappa shape index (κ2) is 5.29. The molecule has 0 atom stereocenters. The van der Waals surface area contributed by atoms with Gasteiger partial charge in [0, 0.05) is 0 Å². The van der Waals surface area contributed by atoms with E-state index in [4.69, 9.17) is 5.26 Å². The summed E-state index contributed by atoms with van der Waals surface area (Å²) in [4.78, 5) is 14.6. The maximum absolute atomic E-state index is 11.0. The molecule has 0 amide bonds. The molecule has 0 aliphatic carbocycles. The van der Waals surface area contributed by atoms with Crippen molar-refractivity contribution in [3.05, 3.63) is 35.9 Å². The summed E-state index contributed by atoms with van der Waals surface area (Å²) in [6, 6.07) is 9.18. The normalized spacial score (nSPS) is 9.62. The highest BCUT2D eigenvalue weighted by atomic mass is 17.1. The van der Waals surface area contributed by atoms with Gasteiger partial charge in [0.15, 0.2) is 0 Å². The maximum atomic E-state index is 11.0. The molecule has 0 heterocycles. The van der Waals surface area contributed by atoms with Gasteiger partial charge >= 0.3 is 5.97 Å². The lowest BCUT2D eigenvalue weighted by atomic mass is 10.2. The highest BCUT2D eigenvalue weighted by molar-refractivity contribution is 5.72. The van der Waals surface area contributed by atoms with Crippen molar-refractivity contribution in [2.24, 2.45) is 0 Å². The fourth-order valence-electron chi connectivity index (χ4n) is 0.906. The lowest BCUT2D eigenvalue weighted by molar-refractivity contribution is -0.289. The zero-order chi connectivity index (χ0) is 9.52. The molecule has 0 unspecified atom stereocenters. The summed E-state index contributed by atoms with van der Waals surface area (Å²) in [6.45, 7) is -0.425. The first kappa shape index (κ1) is 9.70. The summed E-state index contributed by atoms with van der Waals surface area (Å²) >= 11 is 0. The molecule has 70 valence electrons. The topological polar surface area (TPSA) is 55.8 Å². The third-order valence-corrected chi connectivity index (χ3v) is 1.46. The van der Waals surface area contributed by atoms with E-state index in [9.17, 15) is 4.79 Å². The van der Waals surface area contributed by atoms with E-state index in [-0.39, 0.29) is 6.42 Å². The molecule has 0 saturated heterocycles. The second-order valence-electron chi connectivity index (χ2n) is 2.43. The first-order valence-corrected chi connectivity index (χ1v) is 3.79. The molecule has 1 aromatic rings. The van der Waals surface area contributed by atoms with Gasteiger partial charge in [-0.15, -0.1) is 0 Å². The first-order chi connectivity index (χ1) is 6.33. The molecular weight excluding hydrogens is 172 g/mol. The largest absolute Gasteiger partial charge is 0.435 e. The minimum Gasteiger partial charge on any atom is -0.435 e. The molecule has 1 N–H and O–H groups in total. The van der Waals surface area contributed by atoms with Crippen LogP contribution in [0.25, 0.3) is 0 Å². The van der Waals surface area contributed by atoms with E-state index in [1.54, 1.807) is 0 Å². The fraction of sp³-hybridized carbons (Fsp3) is 0.222. The van der Waals surface area contributed by atoms with Crippen LogP contribution in [0.1, 0.15) is 5.56 Å². The van der Waals surface area contributed by atoms with Gasteiger partial charge in [-0.2, -0.15) is 4.89 Å². The van der Waals surface area contributed by atoms with Gasteiger partial charge in [-0.05, 0) is 5.56 Å². The summed E-state index contributed by atoms with van der Waals surface area (Å²) < 4.78 is 4.48. The number of hydrogen-bond acceptors (Lipinski definition) is 4. The van der Waals surface area contributed by atoms with Crippen LogP contribution >= 0.6 is 0 Å². The SMILES string of the molecule is O=C(Cc1ccccc1)OCOO. The highest BCUT2D eigenvalue weighted by Crippen LogP contribution is 2.00. The molecule has 1 rings (SSSR count). The van der Waals surface area contributed by atoms with Crippen LogP contribution < -0.4 is 0 Å². The predicted molar refractivity (Wildman–Crippen MR) is 44.8 cm³/mol. The Morgan fingerprint density at radius 2 is 2.00 bits per heavy atom. The summed E-state index contributed by atoms with van der Waals surface area (Å²) in [6.07, 6.45) is 0.185. The Hall–Kier alpha value is -1.39. The van der Waals surface area contributed by atoms with E-state index < -0.39 is 12.8 Å². The lowest BCUT2D eigenvalue weighted by Crippen LogP contribution is -2.09. The number of carbonyl (C=O) groups excluding carboxylic acids is 1. The zero-order valence-electron chi connectivity index (χ0n) is 6.97. The zero-order valence-corrected chi connectivity index (χ0v) is 6.97. The van der Waals surface area contributed by atoms with Gasteiger partial charge in [0.25, 0.3) is 0 Å². The molecule has 0 spiro atoms. The third kappa shape index (κ3) is 3.68. The van der Waals surface area contributed by atoms with Crippen molar-refractivity contribution in [2.45, 2.75) is 6.42 Å². The molecular formula is C9H10O4. The van der Waals surface area contributed by atoms with Gasteiger partial charge < -0.3 is 4.74 Å². The molecule has 1 aromatic carbocycles. The maximum Gasteiger partial charge on any atom is 0.312 e. The Morgan fingerprint density at radius 1 is 1.31 bits per heavy atom. The Kier molecular flexibility index (Phi) is 3.95. The van der Waals surface area contributed by atoms with Crippen molar-refractivity contribution in [3.8, 4) is 0 Å². The van der Waals surface area contributed by atoms with Gasteiger partial charge in [-0.3, -0.25) is 4.79 Å². The van der Waals surface area contributed by atoms with Crippen molar-refractivity contribution in [1.82, 2.24) is 0 Å². The second-order valence-corrected chi connectivity index (χ2v) is 2.43. The number of esters is 1. The Morgan fingerprint density at radius 3 is 2.62 bits per heavy atom. The van der Waals surface area contributed by atoms with E-state index in [0.717, 1.165) is 5.56 Å². The van der Waals surface area contributed by atoms with Gasteiger partial charge in [0.05, 0.1) is 6.42 Å². The van der Waals surface area contributed by atoms with E-state index in [1.807, 2.05) is 30.3 Å². The average molecular weight is 182 g/mol. The standard InChI is InChI=1S/C9H10O4/c10-9(12-7-13-11)6-8-4-2-1-3-5-8/h1-5,11H,6-7H2. The molecule has 0 radical (unpaired) electrons. The van der Waals surface area contributed by atoms with Gasteiger partial charge in [-0.25, -0.2) is 5.26 Å². The predicted octanol–water partition coefficient (Wildman–Crippen LogP) is 1.22. The number of ether oxygens (including phenoxy) is 1. The summed E-state index contributed by atoms with van der Waals surface area (Å²) in [5.74, 6) is -0.430. The lowest BCUT2D eigenvalue weighted by Gasteiger charge is -2.01. The molecule has 4 heteroatoms. The van der Waals surface area contributed by atoms with Crippen molar-refractivity contribution in [2.75, 3.05) is 6.79 Å². The Bertz CT molecular complexity index is 258. The van der Waals surface area contributed by atoms with Crippen molar-refractivity contribution in [1.29, 1.82) is 0 Å². The van der Waals surface area contributed by atoms with Crippen LogP contribution in [0.4, 0.5) is 0 Å². The molecule has 0 aliphatic heterocycles. The van der Waals surface area contributed by atoms with Crippen molar-refractivity contribution < 1.29 is 19.7 Å². The monoisotopic (exact) mass is 182 g/mol. The van der Waals surface area contributed by atoms with Crippen LogP contribution in [0.3, 0.4) is 0 Å². The minimum atomic E-state index is -0.430.